The minimum Gasteiger partial charge on any atom is -0.324 e. The summed E-state index contributed by atoms with van der Waals surface area (Å²) in [6.07, 6.45) is 0.891. The average molecular weight is 470 g/mol. The Kier molecular flexibility index (Phi) is 4.27. The number of nitrogens with zero attached hydrogens (tertiary/aromatic N) is 1. The van der Waals surface area contributed by atoms with E-state index in [1.807, 2.05) is 25.1 Å². The molecule has 2 aliphatic carbocycles. The van der Waals surface area contributed by atoms with Crippen LogP contribution >= 0.6 is 31.9 Å². The van der Waals surface area contributed by atoms with Crippen molar-refractivity contribution in [3.63, 3.8) is 0 Å². The van der Waals surface area contributed by atoms with E-state index in [9.17, 15) is 14.4 Å². The summed E-state index contributed by atoms with van der Waals surface area (Å²) >= 11 is 7.32. The molecule has 1 aliphatic heterocycles. The summed E-state index contributed by atoms with van der Waals surface area (Å²) in [5, 5.41) is 2.80. The van der Waals surface area contributed by atoms with Crippen LogP contribution in [0.5, 0.6) is 0 Å². The van der Waals surface area contributed by atoms with Gasteiger partial charge in [-0.1, -0.05) is 50.1 Å². The van der Waals surface area contributed by atoms with Gasteiger partial charge in [-0.05, 0) is 36.8 Å². The van der Waals surface area contributed by atoms with Crippen molar-refractivity contribution in [1.29, 1.82) is 0 Å². The monoisotopic (exact) mass is 468 g/mol. The number of alkyl halides is 2. The van der Waals surface area contributed by atoms with E-state index in [0.29, 0.717) is 5.69 Å². The lowest BCUT2D eigenvalue weighted by molar-refractivity contribution is -0.143. The highest BCUT2D eigenvalue weighted by atomic mass is 79.9. The van der Waals surface area contributed by atoms with Gasteiger partial charge in [0.05, 0.1) is 11.8 Å². The van der Waals surface area contributed by atoms with E-state index in [4.69, 9.17) is 0 Å². The molecule has 132 valence electrons. The SMILES string of the molecule is Cc1ccccc1NC(=O)CN1C(=O)[C@H]2[C@@H]3C[C@H]([C@@H](Br)[C@H]3Br)[C@@H]2C1=O. The Morgan fingerprint density at radius 1 is 1.12 bits per heavy atom. The topological polar surface area (TPSA) is 66.5 Å². The highest BCUT2D eigenvalue weighted by molar-refractivity contribution is 9.12. The number of amides is 3. The van der Waals surface area contributed by atoms with Crippen molar-refractivity contribution >= 4 is 55.3 Å². The first-order valence-corrected chi connectivity index (χ1v) is 10.2. The molecule has 25 heavy (non-hydrogen) atoms. The molecule has 2 bridgehead atoms. The van der Waals surface area contributed by atoms with Gasteiger partial charge in [-0.3, -0.25) is 19.3 Å². The molecule has 0 radical (unpaired) electrons. The third-order valence-corrected chi connectivity index (χ3v) is 9.01. The van der Waals surface area contributed by atoms with Gasteiger partial charge in [0.15, 0.2) is 0 Å². The number of anilines is 1. The van der Waals surface area contributed by atoms with Crippen LogP contribution in [0, 0.1) is 30.6 Å². The first-order valence-electron chi connectivity index (χ1n) is 8.39. The molecule has 1 N–H and O–H groups in total. The van der Waals surface area contributed by atoms with Crippen LogP contribution in [0.1, 0.15) is 12.0 Å². The van der Waals surface area contributed by atoms with Crippen molar-refractivity contribution in [2.45, 2.75) is 23.0 Å². The zero-order valence-corrected chi connectivity index (χ0v) is 16.8. The second-order valence-corrected chi connectivity index (χ2v) is 9.24. The Hall–Kier alpha value is -1.21. The molecule has 1 saturated heterocycles. The number of hydrogen-bond donors (Lipinski definition) is 1. The number of para-hydroxylation sites is 1. The predicted octanol–water partition coefficient (Wildman–Crippen LogP) is 2.71. The van der Waals surface area contributed by atoms with Crippen molar-refractivity contribution in [3.05, 3.63) is 29.8 Å². The smallest absolute Gasteiger partial charge is 0.244 e. The van der Waals surface area contributed by atoms with Crippen LogP contribution in [0.3, 0.4) is 0 Å². The molecule has 7 heteroatoms. The number of likely N-dealkylation sites (tertiary alicyclic amines) is 1. The maximum absolute atomic E-state index is 12.8. The maximum atomic E-state index is 12.8. The van der Waals surface area contributed by atoms with Crippen LogP contribution in [-0.4, -0.2) is 38.8 Å². The number of hydrogen-bond acceptors (Lipinski definition) is 3. The zero-order valence-electron chi connectivity index (χ0n) is 13.6. The summed E-state index contributed by atoms with van der Waals surface area (Å²) in [4.78, 5) is 39.5. The molecule has 4 rings (SSSR count). The number of nitrogens with one attached hydrogen (secondary N) is 1. The van der Waals surface area contributed by atoms with Crippen molar-refractivity contribution in [2.75, 3.05) is 11.9 Å². The van der Waals surface area contributed by atoms with Crippen LogP contribution in [0.4, 0.5) is 5.69 Å². The normalized spacial score (nSPS) is 36.0. The van der Waals surface area contributed by atoms with Crippen molar-refractivity contribution in [3.8, 4) is 0 Å². The summed E-state index contributed by atoms with van der Waals surface area (Å²) in [5.41, 5.74) is 1.64. The van der Waals surface area contributed by atoms with Gasteiger partial charge in [-0.25, -0.2) is 0 Å². The largest absolute Gasteiger partial charge is 0.324 e. The highest BCUT2D eigenvalue weighted by Crippen LogP contribution is 2.60. The van der Waals surface area contributed by atoms with Gasteiger partial charge in [0.25, 0.3) is 0 Å². The molecule has 3 amide bonds. The number of aryl methyl sites for hydroxylation is 1. The Bertz CT molecular complexity index is 736. The number of imide groups is 1. The number of fused-ring (bicyclic) bond motifs is 5. The molecular formula is C18H18Br2N2O3. The fourth-order valence-electron chi connectivity index (χ4n) is 4.61. The summed E-state index contributed by atoms with van der Waals surface area (Å²) in [6, 6.07) is 7.43. The minimum absolute atomic E-state index is 0.167. The van der Waals surface area contributed by atoms with Gasteiger partial charge < -0.3 is 5.32 Å². The van der Waals surface area contributed by atoms with E-state index in [0.717, 1.165) is 16.9 Å². The van der Waals surface area contributed by atoms with E-state index in [1.54, 1.807) is 6.07 Å². The number of rotatable bonds is 3. The quantitative estimate of drug-likeness (QED) is 0.546. The Morgan fingerprint density at radius 3 is 2.24 bits per heavy atom. The second kappa shape index (κ2) is 6.20. The van der Waals surface area contributed by atoms with Crippen LogP contribution in [-0.2, 0) is 14.4 Å². The van der Waals surface area contributed by atoms with Crippen molar-refractivity contribution in [2.24, 2.45) is 23.7 Å². The van der Waals surface area contributed by atoms with Crippen LogP contribution in [0.2, 0.25) is 0 Å². The third kappa shape index (κ3) is 2.58. The molecule has 2 saturated carbocycles. The van der Waals surface area contributed by atoms with Crippen molar-refractivity contribution < 1.29 is 14.4 Å². The average Bonchev–Trinajstić information content (AvgIpc) is 3.17. The maximum Gasteiger partial charge on any atom is 0.244 e. The predicted molar refractivity (Wildman–Crippen MR) is 101 cm³/mol. The molecule has 0 aromatic heterocycles. The first-order chi connectivity index (χ1) is 11.9. The van der Waals surface area contributed by atoms with Gasteiger partial charge in [0.2, 0.25) is 17.7 Å². The van der Waals surface area contributed by atoms with Crippen molar-refractivity contribution in [1.82, 2.24) is 4.90 Å². The van der Waals surface area contributed by atoms with Crippen LogP contribution in [0.25, 0.3) is 0 Å². The second-order valence-electron chi connectivity index (χ2n) is 7.13. The molecular weight excluding hydrogens is 452 g/mol. The number of benzene rings is 1. The molecule has 6 atom stereocenters. The van der Waals surface area contributed by atoms with Gasteiger partial charge in [0.1, 0.15) is 6.54 Å². The fraction of sp³-hybridized carbons (Fsp3) is 0.500. The van der Waals surface area contributed by atoms with Crippen LogP contribution in [0.15, 0.2) is 24.3 Å². The number of carbonyl (C=O) groups is 3. The molecule has 0 unspecified atom stereocenters. The molecule has 3 fully saturated rings. The van der Waals surface area contributed by atoms with Gasteiger partial charge >= 0.3 is 0 Å². The molecule has 1 heterocycles. The molecule has 1 aromatic carbocycles. The van der Waals surface area contributed by atoms with E-state index in [2.05, 4.69) is 37.2 Å². The summed E-state index contributed by atoms with van der Waals surface area (Å²) in [7, 11) is 0. The molecule has 0 spiro atoms. The van der Waals surface area contributed by atoms with E-state index >= 15 is 0 Å². The van der Waals surface area contributed by atoms with Gasteiger partial charge in [-0.15, -0.1) is 0 Å². The Labute approximate surface area is 162 Å². The summed E-state index contributed by atoms with van der Waals surface area (Å²) < 4.78 is 0. The fourth-order valence-corrected chi connectivity index (χ4v) is 6.49. The summed E-state index contributed by atoms with van der Waals surface area (Å²) in [6.45, 7) is 1.69. The molecule has 5 nitrogen and oxygen atoms in total. The van der Waals surface area contributed by atoms with E-state index in [-0.39, 0.29) is 57.6 Å². The van der Waals surface area contributed by atoms with E-state index in [1.165, 1.54) is 0 Å². The first kappa shape index (κ1) is 17.2. The third-order valence-electron chi connectivity index (χ3n) is 5.80. The highest BCUT2D eigenvalue weighted by Gasteiger charge is 2.66. The van der Waals surface area contributed by atoms with Crippen LogP contribution < -0.4 is 5.32 Å². The van der Waals surface area contributed by atoms with Gasteiger partial charge in [0, 0.05) is 15.3 Å². The molecule has 3 aliphatic rings. The minimum atomic E-state index is -0.339. The lowest BCUT2D eigenvalue weighted by Gasteiger charge is -2.28. The van der Waals surface area contributed by atoms with Gasteiger partial charge in [-0.2, -0.15) is 0 Å². The zero-order chi connectivity index (χ0) is 17.9. The number of halogens is 2. The Morgan fingerprint density at radius 2 is 1.68 bits per heavy atom. The standard InChI is InChI=1S/C18H18Br2N2O3/c1-8-4-2-3-5-11(8)21-12(23)7-22-17(24)13-9-6-10(14(13)18(22)25)16(20)15(9)19/h2-5,9-10,13-16H,6-7H2,1H3,(H,21,23)/t9-,10-,13-,14-,15-,16+/m0/s1. The lowest BCUT2D eigenvalue weighted by Crippen LogP contribution is -2.39. The van der Waals surface area contributed by atoms with E-state index < -0.39 is 0 Å². The summed E-state index contributed by atoms with van der Waals surface area (Å²) in [5.74, 6) is -0.934. The molecule has 1 aromatic rings. The Balaban J connectivity index is 1.49. The number of carbonyl (C=O) groups excluding carboxylic acids is 3. The lowest BCUT2D eigenvalue weighted by atomic mass is 9.81.